The predicted octanol–water partition coefficient (Wildman–Crippen LogP) is 4.26. The predicted molar refractivity (Wildman–Crippen MR) is 103 cm³/mol. The molecular formula is C20H22N2O2S. The summed E-state index contributed by atoms with van der Waals surface area (Å²) in [7, 11) is -3.15. The Balaban J connectivity index is 1.87. The number of benzene rings is 2. The van der Waals surface area contributed by atoms with Crippen LogP contribution in [0.1, 0.15) is 23.7 Å². The molecule has 0 saturated heterocycles. The molecule has 25 heavy (non-hydrogen) atoms. The number of sulfone groups is 1. The van der Waals surface area contributed by atoms with Gasteiger partial charge in [0.05, 0.1) is 16.2 Å². The van der Waals surface area contributed by atoms with E-state index in [4.69, 9.17) is 0 Å². The largest absolute Gasteiger partial charge is 0.380 e. The Labute approximate surface area is 148 Å². The zero-order valence-corrected chi connectivity index (χ0v) is 15.5. The standard InChI is InChI=1S/C20H22N2O2S/c1-4-25(23,24)17-11-9-16(10-12-17)13-21-20-14(2)15(3)22-19-8-6-5-7-18(19)20/h5-12H,4,13H2,1-3H3,(H,21,22). The lowest BCUT2D eigenvalue weighted by molar-refractivity contribution is 0.597. The van der Waals surface area contributed by atoms with E-state index in [0.717, 1.165) is 33.4 Å². The highest BCUT2D eigenvalue weighted by molar-refractivity contribution is 7.91. The fourth-order valence-corrected chi connectivity index (χ4v) is 3.71. The van der Waals surface area contributed by atoms with Crippen LogP contribution in [0.4, 0.5) is 5.69 Å². The maximum atomic E-state index is 11.9. The Morgan fingerprint density at radius 1 is 1.00 bits per heavy atom. The van der Waals surface area contributed by atoms with E-state index in [-0.39, 0.29) is 5.75 Å². The second-order valence-corrected chi connectivity index (χ2v) is 8.39. The van der Waals surface area contributed by atoms with Gasteiger partial charge in [0.15, 0.2) is 9.84 Å². The van der Waals surface area contributed by atoms with E-state index >= 15 is 0 Å². The van der Waals surface area contributed by atoms with E-state index in [2.05, 4.69) is 23.3 Å². The highest BCUT2D eigenvalue weighted by Crippen LogP contribution is 2.28. The Bertz CT molecular complexity index is 1010. The lowest BCUT2D eigenvalue weighted by Crippen LogP contribution is -2.06. The summed E-state index contributed by atoms with van der Waals surface area (Å²) in [5, 5.41) is 4.59. The number of para-hydroxylation sites is 1. The molecule has 1 aromatic heterocycles. The van der Waals surface area contributed by atoms with E-state index in [0.29, 0.717) is 11.4 Å². The monoisotopic (exact) mass is 354 g/mol. The molecule has 0 bridgehead atoms. The van der Waals surface area contributed by atoms with Gasteiger partial charge < -0.3 is 5.32 Å². The lowest BCUT2D eigenvalue weighted by atomic mass is 10.1. The van der Waals surface area contributed by atoms with Crippen LogP contribution < -0.4 is 5.32 Å². The molecule has 0 atom stereocenters. The average molecular weight is 354 g/mol. The van der Waals surface area contributed by atoms with E-state index in [9.17, 15) is 8.42 Å². The topological polar surface area (TPSA) is 59.1 Å². The van der Waals surface area contributed by atoms with E-state index in [1.807, 2.05) is 37.3 Å². The molecule has 0 spiro atoms. The van der Waals surface area contributed by atoms with Crippen molar-refractivity contribution in [1.29, 1.82) is 0 Å². The maximum Gasteiger partial charge on any atom is 0.178 e. The second kappa shape index (κ2) is 6.84. The van der Waals surface area contributed by atoms with Crippen molar-refractivity contribution in [1.82, 2.24) is 4.98 Å². The Morgan fingerprint density at radius 3 is 2.36 bits per heavy atom. The van der Waals surface area contributed by atoms with Crippen LogP contribution in [0.3, 0.4) is 0 Å². The minimum atomic E-state index is -3.15. The molecule has 5 heteroatoms. The smallest absolute Gasteiger partial charge is 0.178 e. The molecule has 1 heterocycles. The molecule has 3 aromatic rings. The van der Waals surface area contributed by atoms with Crippen molar-refractivity contribution in [2.75, 3.05) is 11.1 Å². The minimum Gasteiger partial charge on any atom is -0.380 e. The number of nitrogens with one attached hydrogen (secondary N) is 1. The van der Waals surface area contributed by atoms with Gasteiger partial charge in [0.25, 0.3) is 0 Å². The Kier molecular flexibility index (Phi) is 4.77. The molecule has 1 N–H and O–H groups in total. The molecule has 0 amide bonds. The van der Waals surface area contributed by atoms with Gasteiger partial charge in [-0.1, -0.05) is 37.3 Å². The van der Waals surface area contributed by atoms with Gasteiger partial charge >= 0.3 is 0 Å². The molecule has 0 unspecified atom stereocenters. The molecule has 0 radical (unpaired) electrons. The number of hydrogen-bond acceptors (Lipinski definition) is 4. The summed E-state index contributed by atoms with van der Waals surface area (Å²) >= 11 is 0. The van der Waals surface area contributed by atoms with Crippen LogP contribution in [-0.4, -0.2) is 19.2 Å². The summed E-state index contributed by atoms with van der Waals surface area (Å²) in [5.41, 5.74) is 5.22. The summed E-state index contributed by atoms with van der Waals surface area (Å²) in [6.07, 6.45) is 0. The summed E-state index contributed by atoms with van der Waals surface area (Å²) in [4.78, 5) is 5.01. The summed E-state index contributed by atoms with van der Waals surface area (Å²) < 4.78 is 23.8. The van der Waals surface area contributed by atoms with Gasteiger partial charge in [-0.25, -0.2) is 8.42 Å². The zero-order valence-electron chi connectivity index (χ0n) is 14.7. The molecule has 0 saturated carbocycles. The number of aromatic nitrogens is 1. The van der Waals surface area contributed by atoms with Crippen LogP contribution in [-0.2, 0) is 16.4 Å². The first kappa shape index (κ1) is 17.4. The summed E-state index contributed by atoms with van der Waals surface area (Å²) in [6, 6.07) is 15.2. The van der Waals surface area contributed by atoms with Crippen molar-refractivity contribution in [2.24, 2.45) is 0 Å². The third-order valence-corrected chi connectivity index (χ3v) is 6.26. The van der Waals surface area contributed by atoms with Crippen molar-refractivity contribution in [2.45, 2.75) is 32.2 Å². The molecule has 4 nitrogen and oxygen atoms in total. The van der Waals surface area contributed by atoms with Crippen molar-refractivity contribution in [3.8, 4) is 0 Å². The first-order chi connectivity index (χ1) is 11.9. The normalized spacial score (nSPS) is 11.6. The molecule has 2 aromatic carbocycles. The first-order valence-electron chi connectivity index (χ1n) is 8.34. The van der Waals surface area contributed by atoms with Gasteiger partial charge in [-0.3, -0.25) is 4.98 Å². The van der Waals surface area contributed by atoms with E-state index < -0.39 is 9.84 Å². The van der Waals surface area contributed by atoms with Gasteiger partial charge in [-0.2, -0.15) is 0 Å². The van der Waals surface area contributed by atoms with Gasteiger partial charge in [0.2, 0.25) is 0 Å². The second-order valence-electron chi connectivity index (χ2n) is 6.12. The SMILES string of the molecule is CCS(=O)(=O)c1ccc(CNc2c(C)c(C)nc3ccccc23)cc1. The van der Waals surface area contributed by atoms with Crippen molar-refractivity contribution in [3.63, 3.8) is 0 Å². The molecule has 130 valence electrons. The summed E-state index contributed by atoms with van der Waals surface area (Å²) in [6.45, 7) is 6.36. The number of fused-ring (bicyclic) bond motifs is 1. The van der Waals surface area contributed by atoms with Gasteiger partial charge in [0, 0.05) is 23.3 Å². The fraction of sp³-hybridized carbons (Fsp3) is 0.250. The van der Waals surface area contributed by atoms with Crippen LogP contribution in [0.5, 0.6) is 0 Å². The van der Waals surface area contributed by atoms with Crippen LogP contribution in [0.25, 0.3) is 10.9 Å². The highest BCUT2D eigenvalue weighted by atomic mass is 32.2. The highest BCUT2D eigenvalue weighted by Gasteiger charge is 2.12. The van der Waals surface area contributed by atoms with Crippen molar-refractivity contribution >= 4 is 26.4 Å². The lowest BCUT2D eigenvalue weighted by Gasteiger charge is -2.15. The first-order valence-corrected chi connectivity index (χ1v) is 9.99. The number of aryl methyl sites for hydroxylation is 1. The number of rotatable bonds is 5. The average Bonchev–Trinajstić information content (AvgIpc) is 2.62. The molecule has 3 rings (SSSR count). The molecule has 0 aliphatic heterocycles. The zero-order chi connectivity index (χ0) is 18.0. The number of pyridine rings is 1. The van der Waals surface area contributed by atoms with Gasteiger partial charge in [-0.15, -0.1) is 0 Å². The van der Waals surface area contributed by atoms with Crippen LogP contribution in [0.15, 0.2) is 53.4 Å². The van der Waals surface area contributed by atoms with Crippen LogP contribution >= 0.6 is 0 Å². The van der Waals surface area contributed by atoms with E-state index in [1.165, 1.54) is 0 Å². The van der Waals surface area contributed by atoms with Gasteiger partial charge in [-0.05, 0) is 43.2 Å². The Hall–Kier alpha value is -2.40. The number of hydrogen-bond donors (Lipinski definition) is 1. The molecule has 0 fully saturated rings. The maximum absolute atomic E-state index is 11.9. The quantitative estimate of drug-likeness (QED) is 0.744. The molecule has 0 aliphatic rings. The summed E-state index contributed by atoms with van der Waals surface area (Å²) in [5.74, 6) is 0.117. The number of nitrogens with zero attached hydrogens (tertiary/aromatic N) is 1. The fourth-order valence-electron chi connectivity index (χ4n) is 2.83. The van der Waals surface area contributed by atoms with Crippen LogP contribution in [0.2, 0.25) is 0 Å². The minimum absolute atomic E-state index is 0.117. The van der Waals surface area contributed by atoms with Crippen molar-refractivity contribution < 1.29 is 8.42 Å². The van der Waals surface area contributed by atoms with Crippen LogP contribution in [0, 0.1) is 13.8 Å². The van der Waals surface area contributed by atoms with E-state index in [1.54, 1.807) is 19.1 Å². The third-order valence-electron chi connectivity index (χ3n) is 4.51. The van der Waals surface area contributed by atoms with Crippen molar-refractivity contribution in [3.05, 3.63) is 65.4 Å². The number of anilines is 1. The molecular weight excluding hydrogens is 332 g/mol. The molecule has 0 aliphatic carbocycles. The Morgan fingerprint density at radius 2 is 1.68 bits per heavy atom. The third kappa shape index (κ3) is 3.51. The van der Waals surface area contributed by atoms with Gasteiger partial charge in [0.1, 0.15) is 0 Å².